The summed E-state index contributed by atoms with van der Waals surface area (Å²) < 4.78 is 6.83. The number of rotatable bonds is 7. The molecule has 2 heterocycles. The largest absolute Gasteiger partial charge is 0.360 e. The molecule has 0 aliphatic carbocycles. The number of amides is 1. The molecule has 0 spiro atoms. The van der Waals surface area contributed by atoms with Crippen LogP contribution in [0.1, 0.15) is 39.0 Å². The van der Waals surface area contributed by atoms with Crippen LogP contribution in [-0.4, -0.2) is 32.9 Å². The van der Waals surface area contributed by atoms with Gasteiger partial charge in [0.25, 0.3) is 0 Å². The van der Waals surface area contributed by atoms with E-state index in [0.29, 0.717) is 18.0 Å². The molecule has 2 aromatic heterocycles. The molecule has 0 fully saturated rings. The summed E-state index contributed by atoms with van der Waals surface area (Å²) in [6.07, 6.45) is 4.35. The van der Waals surface area contributed by atoms with E-state index in [2.05, 4.69) is 27.8 Å². The summed E-state index contributed by atoms with van der Waals surface area (Å²) in [6.45, 7) is 7.86. The number of nitrogens with one attached hydrogen (secondary N) is 2. The lowest BCUT2D eigenvalue weighted by Crippen LogP contribution is -2.47. The third-order valence-corrected chi connectivity index (χ3v) is 3.73. The van der Waals surface area contributed by atoms with Crippen molar-refractivity contribution in [3.63, 3.8) is 0 Å². The maximum atomic E-state index is 12.3. The first-order valence-electron chi connectivity index (χ1n) is 7.50. The van der Waals surface area contributed by atoms with Crippen LogP contribution in [0, 0.1) is 6.92 Å². The summed E-state index contributed by atoms with van der Waals surface area (Å²) in [5.41, 5.74) is 0. The highest BCUT2D eigenvalue weighted by molar-refractivity contribution is 5.93. The van der Waals surface area contributed by atoms with Crippen molar-refractivity contribution in [3.8, 4) is 0 Å². The lowest BCUT2D eigenvalue weighted by molar-refractivity contribution is -0.118. The van der Waals surface area contributed by atoms with Crippen molar-refractivity contribution in [2.24, 2.45) is 0 Å². The summed E-state index contributed by atoms with van der Waals surface area (Å²) in [6, 6.07) is 3.52. The van der Waals surface area contributed by atoms with Crippen molar-refractivity contribution in [2.45, 2.75) is 52.2 Å². The molecule has 2 N–H and O–H groups in total. The molecule has 7 heteroatoms. The molecule has 3 atom stereocenters. The quantitative estimate of drug-likeness (QED) is 0.818. The van der Waals surface area contributed by atoms with E-state index in [4.69, 9.17) is 4.52 Å². The Bertz CT molecular complexity index is 593. The van der Waals surface area contributed by atoms with E-state index in [-0.39, 0.29) is 24.0 Å². The Morgan fingerprint density at radius 3 is 2.77 bits per heavy atom. The van der Waals surface area contributed by atoms with Crippen molar-refractivity contribution in [1.82, 2.24) is 20.3 Å². The Hall–Kier alpha value is -2.15. The fourth-order valence-electron chi connectivity index (χ4n) is 2.22. The van der Waals surface area contributed by atoms with Crippen molar-refractivity contribution in [1.29, 1.82) is 0 Å². The average molecular weight is 305 g/mol. The summed E-state index contributed by atoms with van der Waals surface area (Å²) in [7, 11) is 0. The topological polar surface area (TPSA) is 85.0 Å². The van der Waals surface area contributed by atoms with E-state index in [0.717, 1.165) is 0 Å². The van der Waals surface area contributed by atoms with E-state index in [1.54, 1.807) is 19.2 Å². The van der Waals surface area contributed by atoms with Gasteiger partial charge in [-0.3, -0.25) is 9.48 Å². The monoisotopic (exact) mass is 305 g/mol. The minimum absolute atomic E-state index is 0.0923. The van der Waals surface area contributed by atoms with Crippen LogP contribution in [0.2, 0.25) is 0 Å². The molecule has 0 aromatic carbocycles. The fraction of sp³-hybridized carbons (Fsp3) is 0.533. The number of nitrogens with zero attached hydrogens (tertiary/aromatic N) is 3. The van der Waals surface area contributed by atoms with Crippen LogP contribution in [0.3, 0.4) is 0 Å². The van der Waals surface area contributed by atoms with Crippen molar-refractivity contribution < 1.29 is 9.32 Å². The number of carbonyl (C=O) groups excluding carboxylic acids is 1. The maximum Gasteiger partial charge on any atom is 0.242 e. The molecule has 0 unspecified atom stereocenters. The minimum Gasteiger partial charge on any atom is -0.360 e. The number of aryl methyl sites for hydroxylation is 1. The summed E-state index contributed by atoms with van der Waals surface area (Å²) in [4.78, 5) is 12.3. The number of aromatic nitrogens is 3. The lowest BCUT2D eigenvalue weighted by atomic mass is 10.1. The molecule has 0 saturated heterocycles. The minimum atomic E-state index is -0.301. The first-order chi connectivity index (χ1) is 10.5. The van der Waals surface area contributed by atoms with Gasteiger partial charge in [0.2, 0.25) is 5.91 Å². The Morgan fingerprint density at radius 2 is 2.23 bits per heavy atom. The molecule has 0 saturated carbocycles. The van der Waals surface area contributed by atoms with Gasteiger partial charge >= 0.3 is 0 Å². The Labute approximate surface area is 130 Å². The van der Waals surface area contributed by atoms with Crippen LogP contribution in [0.4, 0.5) is 5.82 Å². The molecule has 2 rings (SSSR count). The van der Waals surface area contributed by atoms with E-state index in [1.165, 1.54) is 0 Å². The van der Waals surface area contributed by atoms with Crippen LogP contribution >= 0.6 is 0 Å². The first-order valence-corrected chi connectivity index (χ1v) is 7.50. The second-order valence-corrected chi connectivity index (χ2v) is 5.45. The highest BCUT2D eigenvalue weighted by atomic mass is 16.5. The van der Waals surface area contributed by atoms with Gasteiger partial charge in [0.05, 0.1) is 12.1 Å². The molecule has 0 bridgehead atoms. The lowest BCUT2D eigenvalue weighted by Gasteiger charge is -2.26. The van der Waals surface area contributed by atoms with Gasteiger partial charge in [-0.1, -0.05) is 12.1 Å². The van der Waals surface area contributed by atoms with E-state index < -0.39 is 0 Å². The Balaban J connectivity index is 1.94. The van der Waals surface area contributed by atoms with Gasteiger partial charge in [-0.15, -0.1) is 0 Å². The molecule has 120 valence electrons. The molecule has 0 radical (unpaired) electrons. The van der Waals surface area contributed by atoms with Gasteiger partial charge in [0.15, 0.2) is 5.82 Å². The second-order valence-electron chi connectivity index (χ2n) is 5.45. The van der Waals surface area contributed by atoms with E-state index in [9.17, 15) is 4.79 Å². The van der Waals surface area contributed by atoms with Crippen molar-refractivity contribution >= 4 is 11.7 Å². The highest BCUT2D eigenvalue weighted by Gasteiger charge is 2.23. The molecular formula is C15H23N5O2. The molecule has 2 aromatic rings. The van der Waals surface area contributed by atoms with Crippen LogP contribution in [0.15, 0.2) is 29.0 Å². The molecule has 22 heavy (non-hydrogen) atoms. The van der Waals surface area contributed by atoms with Crippen molar-refractivity contribution in [3.05, 3.63) is 30.3 Å². The van der Waals surface area contributed by atoms with Gasteiger partial charge in [-0.25, -0.2) is 0 Å². The van der Waals surface area contributed by atoms with Gasteiger partial charge in [0, 0.05) is 24.5 Å². The zero-order valence-electron chi connectivity index (χ0n) is 13.4. The zero-order chi connectivity index (χ0) is 16.1. The molecule has 0 aliphatic rings. The third kappa shape index (κ3) is 3.94. The van der Waals surface area contributed by atoms with Crippen LogP contribution in [0.25, 0.3) is 0 Å². The van der Waals surface area contributed by atoms with Gasteiger partial charge in [-0.05, 0) is 33.3 Å². The summed E-state index contributed by atoms with van der Waals surface area (Å²) in [5.74, 6) is 0.989. The highest BCUT2D eigenvalue weighted by Crippen LogP contribution is 2.12. The fourth-order valence-corrected chi connectivity index (χ4v) is 2.22. The average Bonchev–Trinajstić information content (AvgIpc) is 3.15. The molecule has 1 amide bonds. The third-order valence-electron chi connectivity index (χ3n) is 3.73. The van der Waals surface area contributed by atoms with Crippen LogP contribution in [-0.2, 0) is 4.79 Å². The Morgan fingerprint density at radius 1 is 1.45 bits per heavy atom. The summed E-state index contributed by atoms with van der Waals surface area (Å²) in [5, 5.41) is 14.1. The second kappa shape index (κ2) is 7.22. The number of hydrogen-bond donors (Lipinski definition) is 2. The van der Waals surface area contributed by atoms with Crippen molar-refractivity contribution in [2.75, 3.05) is 5.32 Å². The van der Waals surface area contributed by atoms with E-state index >= 15 is 0 Å². The van der Waals surface area contributed by atoms with Crippen LogP contribution in [0.5, 0.6) is 0 Å². The predicted octanol–water partition coefficient (Wildman–Crippen LogP) is 2.14. The first kappa shape index (κ1) is 16.2. The maximum absolute atomic E-state index is 12.3. The number of carbonyl (C=O) groups is 1. The number of hydrogen-bond acceptors (Lipinski definition) is 5. The smallest absolute Gasteiger partial charge is 0.242 e. The SMILES string of the molecule is CC[C@H](N[C@H](C)[C@@H](C)n1cccn1)C(=O)Nc1cc(C)on1. The Kier molecular flexibility index (Phi) is 5.32. The van der Waals surface area contributed by atoms with Gasteiger partial charge < -0.3 is 15.2 Å². The molecular weight excluding hydrogens is 282 g/mol. The van der Waals surface area contributed by atoms with Gasteiger partial charge in [-0.2, -0.15) is 5.10 Å². The van der Waals surface area contributed by atoms with Crippen LogP contribution < -0.4 is 10.6 Å². The van der Waals surface area contributed by atoms with Gasteiger partial charge in [0.1, 0.15) is 5.76 Å². The standard InChI is InChI=1S/C15H23N5O2/c1-5-13(15(21)18-14-9-10(2)22-19-14)17-11(3)12(4)20-8-6-7-16-20/h6-9,11-13,17H,5H2,1-4H3,(H,18,19,21)/t11-,12-,13+/m1/s1. The molecule has 0 aliphatic heterocycles. The van der Waals surface area contributed by atoms with E-state index in [1.807, 2.05) is 30.8 Å². The summed E-state index contributed by atoms with van der Waals surface area (Å²) >= 11 is 0. The normalized spacial score (nSPS) is 15.3. The number of anilines is 1. The zero-order valence-corrected chi connectivity index (χ0v) is 13.4. The predicted molar refractivity (Wildman–Crippen MR) is 83.5 cm³/mol. The molecule has 7 nitrogen and oxygen atoms in total.